The maximum Gasteiger partial charge on any atom is 0.259 e. The zero-order chi connectivity index (χ0) is 12.4. The molecular formula is C12H12BrF2NO. The van der Waals surface area contributed by atoms with Crippen molar-refractivity contribution in [2.24, 2.45) is 0 Å². The highest BCUT2D eigenvalue weighted by Crippen LogP contribution is 2.24. The third-order valence-electron chi connectivity index (χ3n) is 2.90. The number of rotatable bonds is 1. The fraction of sp³-hybridized carbons (Fsp3) is 0.417. The van der Waals surface area contributed by atoms with E-state index in [0.717, 1.165) is 25.3 Å². The van der Waals surface area contributed by atoms with E-state index in [1.165, 1.54) is 11.0 Å². The second-order valence-corrected chi connectivity index (χ2v) is 4.93. The number of likely N-dealkylation sites (tertiary alicyclic amines) is 1. The summed E-state index contributed by atoms with van der Waals surface area (Å²) in [6, 6.07) is 2.36. The molecule has 2 rings (SSSR count). The number of carbonyl (C=O) groups excluding carboxylic acids is 1. The van der Waals surface area contributed by atoms with E-state index in [-0.39, 0.29) is 4.47 Å². The van der Waals surface area contributed by atoms with Crippen LogP contribution in [-0.2, 0) is 0 Å². The lowest BCUT2D eigenvalue weighted by Crippen LogP contribution is -2.36. The van der Waals surface area contributed by atoms with Gasteiger partial charge in [0.1, 0.15) is 11.4 Å². The fourth-order valence-corrected chi connectivity index (χ4v) is 2.31. The molecule has 5 heteroatoms. The topological polar surface area (TPSA) is 20.3 Å². The summed E-state index contributed by atoms with van der Waals surface area (Å²) in [7, 11) is 0. The quantitative estimate of drug-likeness (QED) is 0.729. The van der Waals surface area contributed by atoms with Crippen LogP contribution in [0.15, 0.2) is 16.6 Å². The minimum absolute atomic E-state index is 0.110. The van der Waals surface area contributed by atoms with E-state index in [9.17, 15) is 13.6 Å². The normalized spacial score (nSPS) is 16.1. The Kier molecular flexibility index (Phi) is 3.76. The molecule has 0 aromatic heterocycles. The van der Waals surface area contributed by atoms with Gasteiger partial charge in [-0.3, -0.25) is 4.79 Å². The highest BCUT2D eigenvalue weighted by Gasteiger charge is 2.25. The number of carbonyl (C=O) groups is 1. The Morgan fingerprint density at radius 2 is 1.82 bits per heavy atom. The van der Waals surface area contributed by atoms with Crippen LogP contribution in [-0.4, -0.2) is 23.9 Å². The first-order chi connectivity index (χ1) is 8.11. The minimum atomic E-state index is -0.819. The Bertz CT molecular complexity index is 444. The molecule has 92 valence electrons. The van der Waals surface area contributed by atoms with Crippen LogP contribution in [0.2, 0.25) is 0 Å². The third-order valence-corrected chi connectivity index (χ3v) is 3.51. The van der Waals surface area contributed by atoms with Gasteiger partial charge in [0.2, 0.25) is 0 Å². The molecule has 0 spiro atoms. The second-order valence-electron chi connectivity index (χ2n) is 4.07. The first kappa shape index (κ1) is 12.5. The van der Waals surface area contributed by atoms with Crippen molar-refractivity contribution < 1.29 is 13.6 Å². The lowest BCUT2D eigenvalue weighted by molar-refractivity contribution is 0.0714. The standard InChI is InChI=1S/C12H12BrF2NO/c13-8-4-5-9(14)10(11(8)15)12(17)16-6-2-1-3-7-16/h4-5H,1-3,6-7H2. The van der Waals surface area contributed by atoms with Crippen molar-refractivity contribution in [3.8, 4) is 0 Å². The van der Waals surface area contributed by atoms with Crippen LogP contribution in [0.1, 0.15) is 29.6 Å². The maximum absolute atomic E-state index is 13.7. The molecule has 1 amide bonds. The molecule has 0 saturated carbocycles. The van der Waals surface area contributed by atoms with Gasteiger partial charge in [0, 0.05) is 13.1 Å². The minimum Gasteiger partial charge on any atom is -0.338 e. The Morgan fingerprint density at radius 1 is 1.18 bits per heavy atom. The van der Waals surface area contributed by atoms with Crippen molar-refractivity contribution in [2.45, 2.75) is 19.3 Å². The molecule has 0 bridgehead atoms. The third kappa shape index (κ3) is 2.49. The molecule has 0 aliphatic carbocycles. The van der Waals surface area contributed by atoms with E-state index < -0.39 is 23.1 Å². The van der Waals surface area contributed by atoms with Gasteiger partial charge in [-0.1, -0.05) is 0 Å². The van der Waals surface area contributed by atoms with E-state index in [1.54, 1.807) is 0 Å². The molecule has 0 N–H and O–H groups in total. The van der Waals surface area contributed by atoms with Crippen molar-refractivity contribution in [3.05, 3.63) is 33.8 Å². The van der Waals surface area contributed by atoms with Crippen molar-refractivity contribution >= 4 is 21.8 Å². The van der Waals surface area contributed by atoms with Crippen LogP contribution in [0.5, 0.6) is 0 Å². The van der Waals surface area contributed by atoms with Crippen molar-refractivity contribution in [2.75, 3.05) is 13.1 Å². The highest BCUT2D eigenvalue weighted by atomic mass is 79.9. The highest BCUT2D eigenvalue weighted by molar-refractivity contribution is 9.10. The molecule has 1 saturated heterocycles. The predicted molar refractivity (Wildman–Crippen MR) is 63.8 cm³/mol. The molecule has 17 heavy (non-hydrogen) atoms. The van der Waals surface area contributed by atoms with E-state index in [1.807, 2.05) is 0 Å². The molecule has 0 radical (unpaired) electrons. The summed E-state index contributed by atoms with van der Waals surface area (Å²) in [6.07, 6.45) is 2.85. The SMILES string of the molecule is O=C(c1c(F)ccc(Br)c1F)N1CCCCC1. The van der Waals surface area contributed by atoms with Crippen molar-refractivity contribution in [3.63, 3.8) is 0 Å². The van der Waals surface area contributed by atoms with E-state index in [0.29, 0.717) is 13.1 Å². The summed E-state index contributed by atoms with van der Waals surface area (Å²) in [4.78, 5) is 13.5. The summed E-state index contributed by atoms with van der Waals surface area (Å²) in [5, 5.41) is 0. The Balaban J connectivity index is 2.32. The number of hydrogen-bond acceptors (Lipinski definition) is 1. The van der Waals surface area contributed by atoms with Crippen LogP contribution in [0.4, 0.5) is 8.78 Å². The van der Waals surface area contributed by atoms with Crippen LogP contribution >= 0.6 is 15.9 Å². The Hall–Kier alpha value is -0.970. The summed E-state index contributed by atoms with van der Waals surface area (Å²) in [5.41, 5.74) is -0.457. The first-order valence-electron chi connectivity index (χ1n) is 5.54. The molecule has 1 aliphatic rings. The van der Waals surface area contributed by atoms with Crippen LogP contribution in [0, 0.1) is 11.6 Å². The number of piperidine rings is 1. The van der Waals surface area contributed by atoms with Gasteiger partial charge < -0.3 is 4.90 Å². The maximum atomic E-state index is 13.7. The smallest absolute Gasteiger partial charge is 0.259 e. The van der Waals surface area contributed by atoms with Gasteiger partial charge in [0.15, 0.2) is 5.82 Å². The van der Waals surface area contributed by atoms with Gasteiger partial charge in [-0.2, -0.15) is 0 Å². The van der Waals surface area contributed by atoms with Gasteiger partial charge in [-0.15, -0.1) is 0 Å². The largest absolute Gasteiger partial charge is 0.338 e. The summed E-state index contributed by atoms with van der Waals surface area (Å²) in [5.74, 6) is -2.18. The monoisotopic (exact) mass is 303 g/mol. The average Bonchev–Trinajstić information content (AvgIpc) is 2.35. The summed E-state index contributed by atoms with van der Waals surface area (Å²) in [6.45, 7) is 1.15. The fourth-order valence-electron chi connectivity index (χ4n) is 1.98. The number of halogens is 3. The molecular weight excluding hydrogens is 292 g/mol. The molecule has 1 aromatic carbocycles. The first-order valence-corrected chi connectivity index (χ1v) is 6.33. The summed E-state index contributed by atoms with van der Waals surface area (Å²) >= 11 is 2.96. The van der Waals surface area contributed by atoms with Gasteiger partial charge in [0.25, 0.3) is 5.91 Å². The molecule has 1 fully saturated rings. The molecule has 2 nitrogen and oxygen atoms in total. The van der Waals surface area contributed by atoms with Crippen molar-refractivity contribution in [1.29, 1.82) is 0 Å². The Morgan fingerprint density at radius 3 is 2.47 bits per heavy atom. The van der Waals surface area contributed by atoms with Gasteiger partial charge >= 0.3 is 0 Å². The predicted octanol–water partition coefficient (Wildman–Crippen LogP) is 3.35. The summed E-state index contributed by atoms with van der Waals surface area (Å²) < 4.78 is 27.4. The zero-order valence-electron chi connectivity index (χ0n) is 9.18. The van der Waals surface area contributed by atoms with Gasteiger partial charge in [-0.25, -0.2) is 8.78 Å². The number of nitrogens with zero attached hydrogens (tertiary/aromatic N) is 1. The van der Waals surface area contributed by atoms with Crippen molar-refractivity contribution in [1.82, 2.24) is 4.90 Å². The average molecular weight is 304 g/mol. The van der Waals surface area contributed by atoms with E-state index in [2.05, 4.69) is 15.9 Å². The molecule has 1 heterocycles. The lowest BCUT2D eigenvalue weighted by Gasteiger charge is -2.27. The molecule has 0 unspecified atom stereocenters. The second kappa shape index (κ2) is 5.12. The number of hydrogen-bond donors (Lipinski definition) is 0. The molecule has 1 aliphatic heterocycles. The molecule has 0 atom stereocenters. The van der Waals surface area contributed by atoms with Gasteiger partial charge in [-0.05, 0) is 47.3 Å². The molecule has 1 aromatic rings. The van der Waals surface area contributed by atoms with Crippen LogP contribution in [0.3, 0.4) is 0 Å². The lowest BCUT2D eigenvalue weighted by atomic mass is 10.1. The van der Waals surface area contributed by atoms with Crippen LogP contribution in [0.25, 0.3) is 0 Å². The van der Waals surface area contributed by atoms with E-state index >= 15 is 0 Å². The number of benzene rings is 1. The number of amides is 1. The van der Waals surface area contributed by atoms with Gasteiger partial charge in [0.05, 0.1) is 4.47 Å². The Labute approximate surface area is 107 Å². The van der Waals surface area contributed by atoms with E-state index in [4.69, 9.17) is 0 Å². The van der Waals surface area contributed by atoms with Crippen LogP contribution < -0.4 is 0 Å². The zero-order valence-corrected chi connectivity index (χ0v) is 10.8.